The molecule has 4 nitrogen and oxygen atoms in total. The van der Waals surface area contributed by atoms with Crippen molar-refractivity contribution in [3.8, 4) is 6.07 Å². The lowest BCUT2D eigenvalue weighted by molar-refractivity contribution is -0.118. The van der Waals surface area contributed by atoms with Gasteiger partial charge in [0.1, 0.15) is 5.92 Å². The Morgan fingerprint density at radius 3 is 2.75 bits per heavy atom. The van der Waals surface area contributed by atoms with Gasteiger partial charge in [-0.2, -0.15) is 5.26 Å². The molecule has 0 saturated heterocycles. The van der Waals surface area contributed by atoms with E-state index in [4.69, 9.17) is 16.9 Å². The first-order valence-electron chi connectivity index (χ1n) is 6.04. The maximum atomic E-state index is 12.1. The summed E-state index contributed by atoms with van der Waals surface area (Å²) >= 11 is 5.85. The van der Waals surface area contributed by atoms with E-state index in [1.54, 1.807) is 48.8 Å². The van der Waals surface area contributed by atoms with Crippen LogP contribution in [0, 0.1) is 17.2 Å². The lowest BCUT2D eigenvalue weighted by atomic mass is 10.0. The Morgan fingerprint density at radius 1 is 1.35 bits per heavy atom. The minimum atomic E-state index is -0.753. The van der Waals surface area contributed by atoms with Crippen LogP contribution in [-0.4, -0.2) is 10.9 Å². The smallest absolute Gasteiger partial charge is 0.242 e. The quantitative estimate of drug-likeness (QED) is 0.939. The second kappa shape index (κ2) is 6.69. The van der Waals surface area contributed by atoms with Crippen LogP contribution in [0.3, 0.4) is 0 Å². The van der Waals surface area contributed by atoms with Crippen LogP contribution >= 0.6 is 11.6 Å². The molecule has 100 valence electrons. The van der Waals surface area contributed by atoms with Crippen LogP contribution in [0.1, 0.15) is 5.56 Å². The van der Waals surface area contributed by atoms with Crippen LogP contribution in [0.5, 0.6) is 0 Å². The maximum Gasteiger partial charge on any atom is 0.242 e. The Labute approximate surface area is 122 Å². The molecule has 0 aliphatic heterocycles. The van der Waals surface area contributed by atoms with E-state index < -0.39 is 5.92 Å². The molecule has 0 spiro atoms. The molecule has 20 heavy (non-hydrogen) atoms. The van der Waals surface area contributed by atoms with Crippen molar-refractivity contribution in [1.82, 2.24) is 4.98 Å². The summed E-state index contributed by atoms with van der Waals surface area (Å²) in [5, 5.41) is 12.4. The zero-order valence-electron chi connectivity index (χ0n) is 10.6. The molecular formula is C15H12ClN3O. The molecule has 0 radical (unpaired) electrons. The first kappa shape index (κ1) is 14.0. The molecule has 0 aliphatic rings. The zero-order valence-corrected chi connectivity index (χ0v) is 11.3. The van der Waals surface area contributed by atoms with Crippen LogP contribution in [0.4, 0.5) is 5.69 Å². The Balaban J connectivity index is 2.05. The number of carbonyl (C=O) groups is 1. The molecule has 0 fully saturated rings. The lowest BCUT2D eigenvalue weighted by Gasteiger charge is -2.10. The highest BCUT2D eigenvalue weighted by Crippen LogP contribution is 2.16. The number of carbonyl (C=O) groups excluding carboxylic acids is 1. The van der Waals surface area contributed by atoms with E-state index >= 15 is 0 Å². The van der Waals surface area contributed by atoms with Gasteiger partial charge in [-0.3, -0.25) is 9.78 Å². The third-order valence-corrected chi connectivity index (χ3v) is 2.99. The van der Waals surface area contributed by atoms with Gasteiger partial charge in [0.15, 0.2) is 0 Å². The van der Waals surface area contributed by atoms with E-state index in [0.717, 1.165) is 5.56 Å². The SMILES string of the molecule is N#CC(Cc1ccncc1)C(=O)Nc1cccc(Cl)c1. The van der Waals surface area contributed by atoms with Crippen molar-refractivity contribution in [3.05, 3.63) is 59.4 Å². The number of halogens is 1. The minimum absolute atomic E-state index is 0.341. The van der Waals surface area contributed by atoms with Crippen LogP contribution in [0.25, 0.3) is 0 Å². The fraction of sp³-hybridized carbons (Fsp3) is 0.133. The fourth-order valence-electron chi connectivity index (χ4n) is 1.75. The molecular weight excluding hydrogens is 274 g/mol. The second-order valence-electron chi connectivity index (χ2n) is 4.24. The van der Waals surface area contributed by atoms with Gasteiger partial charge < -0.3 is 5.32 Å². The highest BCUT2D eigenvalue weighted by Gasteiger charge is 2.18. The number of nitrogens with one attached hydrogen (secondary N) is 1. The van der Waals surface area contributed by atoms with E-state index in [0.29, 0.717) is 17.1 Å². The molecule has 0 aliphatic carbocycles. The zero-order chi connectivity index (χ0) is 14.4. The van der Waals surface area contributed by atoms with Crippen molar-refractivity contribution in [2.45, 2.75) is 6.42 Å². The normalized spacial score (nSPS) is 11.4. The Hall–Kier alpha value is -2.38. The molecule has 1 aromatic heterocycles. The molecule has 0 saturated carbocycles. The van der Waals surface area contributed by atoms with E-state index in [2.05, 4.69) is 10.3 Å². The van der Waals surface area contributed by atoms with Crippen LogP contribution < -0.4 is 5.32 Å². The average molecular weight is 286 g/mol. The molecule has 0 bridgehead atoms. The highest BCUT2D eigenvalue weighted by atomic mass is 35.5. The molecule has 1 amide bonds. The van der Waals surface area contributed by atoms with Crippen molar-refractivity contribution in [2.24, 2.45) is 5.92 Å². The number of aromatic nitrogens is 1. The summed E-state index contributed by atoms with van der Waals surface area (Å²) in [5.41, 5.74) is 1.48. The summed E-state index contributed by atoms with van der Waals surface area (Å²) in [5.74, 6) is -1.09. The van der Waals surface area contributed by atoms with Gasteiger partial charge in [-0.25, -0.2) is 0 Å². The highest BCUT2D eigenvalue weighted by molar-refractivity contribution is 6.30. The van der Waals surface area contributed by atoms with Gasteiger partial charge in [-0.1, -0.05) is 17.7 Å². The number of rotatable bonds is 4. The molecule has 1 heterocycles. The summed E-state index contributed by atoms with van der Waals surface area (Å²) in [6, 6.07) is 12.4. The Kier molecular flexibility index (Phi) is 4.70. The number of amides is 1. The number of anilines is 1. The van der Waals surface area contributed by atoms with Gasteiger partial charge in [-0.05, 0) is 42.3 Å². The van der Waals surface area contributed by atoms with Crippen molar-refractivity contribution in [3.63, 3.8) is 0 Å². The van der Waals surface area contributed by atoms with Crippen molar-refractivity contribution in [2.75, 3.05) is 5.32 Å². The maximum absolute atomic E-state index is 12.1. The fourth-order valence-corrected chi connectivity index (χ4v) is 1.94. The summed E-state index contributed by atoms with van der Waals surface area (Å²) in [7, 11) is 0. The van der Waals surface area contributed by atoms with Crippen LogP contribution in [0.2, 0.25) is 5.02 Å². The standard InChI is InChI=1S/C15H12ClN3O/c16-13-2-1-3-14(9-13)19-15(20)12(10-17)8-11-4-6-18-7-5-11/h1-7,9,12H,8H2,(H,19,20). The number of benzene rings is 1. The number of nitrogens with zero attached hydrogens (tertiary/aromatic N) is 2. The van der Waals surface area contributed by atoms with E-state index in [1.807, 2.05) is 6.07 Å². The predicted octanol–water partition coefficient (Wildman–Crippen LogP) is 3.06. The number of hydrogen-bond acceptors (Lipinski definition) is 3. The molecule has 2 aromatic rings. The molecule has 5 heteroatoms. The average Bonchev–Trinajstić information content (AvgIpc) is 2.45. The first-order chi connectivity index (χ1) is 9.69. The summed E-state index contributed by atoms with van der Waals surface area (Å²) in [6.45, 7) is 0. The molecule has 1 unspecified atom stereocenters. The minimum Gasteiger partial charge on any atom is -0.325 e. The molecule has 1 atom stereocenters. The third kappa shape index (κ3) is 3.81. The van der Waals surface area contributed by atoms with Gasteiger partial charge in [-0.15, -0.1) is 0 Å². The van der Waals surface area contributed by atoms with Gasteiger partial charge in [0, 0.05) is 23.1 Å². The Morgan fingerprint density at radius 2 is 2.10 bits per heavy atom. The summed E-state index contributed by atoms with van der Waals surface area (Å²) in [6.07, 6.45) is 3.63. The third-order valence-electron chi connectivity index (χ3n) is 2.75. The largest absolute Gasteiger partial charge is 0.325 e. The predicted molar refractivity (Wildman–Crippen MR) is 77.1 cm³/mol. The number of nitriles is 1. The van der Waals surface area contributed by atoms with Gasteiger partial charge in [0.2, 0.25) is 5.91 Å². The van der Waals surface area contributed by atoms with Crippen LogP contribution in [0.15, 0.2) is 48.8 Å². The lowest BCUT2D eigenvalue weighted by Crippen LogP contribution is -2.23. The number of pyridine rings is 1. The summed E-state index contributed by atoms with van der Waals surface area (Å²) in [4.78, 5) is 16.0. The van der Waals surface area contributed by atoms with Gasteiger partial charge in [0.05, 0.1) is 6.07 Å². The van der Waals surface area contributed by atoms with E-state index in [-0.39, 0.29) is 5.91 Å². The topological polar surface area (TPSA) is 65.8 Å². The van der Waals surface area contributed by atoms with Gasteiger partial charge >= 0.3 is 0 Å². The molecule has 2 rings (SSSR count). The molecule has 1 aromatic carbocycles. The molecule has 1 N–H and O–H groups in total. The van der Waals surface area contributed by atoms with Crippen molar-refractivity contribution >= 4 is 23.2 Å². The Bertz CT molecular complexity index is 637. The van der Waals surface area contributed by atoms with Crippen molar-refractivity contribution in [1.29, 1.82) is 5.26 Å². The van der Waals surface area contributed by atoms with E-state index in [9.17, 15) is 4.79 Å². The second-order valence-corrected chi connectivity index (χ2v) is 4.68. The first-order valence-corrected chi connectivity index (χ1v) is 6.42. The van der Waals surface area contributed by atoms with Crippen molar-refractivity contribution < 1.29 is 4.79 Å². The summed E-state index contributed by atoms with van der Waals surface area (Å²) < 4.78 is 0. The van der Waals surface area contributed by atoms with Crippen LogP contribution in [-0.2, 0) is 11.2 Å². The van der Waals surface area contributed by atoms with E-state index in [1.165, 1.54) is 0 Å². The number of hydrogen-bond donors (Lipinski definition) is 1. The monoisotopic (exact) mass is 285 g/mol. The van der Waals surface area contributed by atoms with Gasteiger partial charge in [0.25, 0.3) is 0 Å².